The second kappa shape index (κ2) is 5.89. The third kappa shape index (κ3) is 4.02. The molecule has 2 aromatic rings. The van der Waals surface area contributed by atoms with Crippen molar-refractivity contribution in [1.82, 2.24) is 20.3 Å². The van der Waals surface area contributed by atoms with Crippen molar-refractivity contribution in [2.45, 2.75) is 39.4 Å². The summed E-state index contributed by atoms with van der Waals surface area (Å²) in [7, 11) is 0. The van der Waals surface area contributed by atoms with E-state index in [1.54, 1.807) is 16.8 Å². The van der Waals surface area contributed by atoms with Gasteiger partial charge in [0.15, 0.2) is 0 Å². The van der Waals surface area contributed by atoms with Gasteiger partial charge in [0.25, 0.3) is 0 Å². The van der Waals surface area contributed by atoms with E-state index in [1.807, 2.05) is 6.20 Å². The molecule has 1 aromatic heterocycles. The van der Waals surface area contributed by atoms with Gasteiger partial charge >= 0.3 is 0 Å². The number of nitrogens with zero attached hydrogens (tertiary/aromatic N) is 3. The van der Waals surface area contributed by atoms with E-state index in [1.165, 1.54) is 6.07 Å². The number of rotatable bonds is 4. The molecule has 4 nitrogen and oxygen atoms in total. The van der Waals surface area contributed by atoms with Crippen molar-refractivity contribution >= 4 is 11.6 Å². The minimum atomic E-state index is -0.418. The van der Waals surface area contributed by atoms with Crippen LogP contribution in [0.3, 0.4) is 0 Å². The molecule has 0 saturated heterocycles. The van der Waals surface area contributed by atoms with Crippen LogP contribution in [-0.2, 0) is 13.1 Å². The van der Waals surface area contributed by atoms with Crippen LogP contribution < -0.4 is 5.32 Å². The lowest BCUT2D eigenvalue weighted by Crippen LogP contribution is -2.35. The van der Waals surface area contributed by atoms with Crippen molar-refractivity contribution < 1.29 is 4.39 Å². The van der Waals surface area contributed by atoms with Crippen LogP contribution in [0.1, 0.15) is 32.0 Å². The zero-order chi connectivity index (χ0) is 14.8. The predicted octanol–water partition coefficient (Wildman–Crippen LogP) is 3.01. The molecule has 0 atom stereocenters. The Morgan fingerprint density at radius 1 is 1.35 bits per heavy atom. The number of hydrogen-bond acceptors (Lipinski definition) is 3. The zero-order valence-electron chi connectivity index (χ0n) is 11.8. The fourth-order valence-electron chi connectivity index (χ4n) is 1.70. The number of aromatic nitrogens is 3. The van der Waals surface area contributed by atoms with E-state index in [0.29, 0.717) is 18.7 Å². The van der Waals surface area contributed by atoms with Crippen molar-refractivity contribution in [2.75, 3.05) is 0 Å². The van der Waals surface area contributed by atoms with Crippen LogP contribution in [0.5, 0.6) is 0 Å². The summed E-state index contributed by atoms with van der Waals surface area (Å²) in [5.74, 6) is -0.418. The molecule has 0 amide bonds. The Balaban J connectivity index is 2.04. The zero-order valence-corrected chi connectivity index (χ0v) is 12.6. The van der Waals surface area contributed by atoms with Crippen LogP contribution in [0.15, 0.2) is 24.4 Å². The maximum Gasteiger partial charge on any atom is 0.142 e. The van der Waals surface area contributed by atoms with E-state index in [2.05, 4.69) is 36.4 Å². The van der Waals surface area contributed by atoms with Crippen LogP contribution in [-0.4, -0.2) is 20.5 Å². The maximum atomic E-state index is 13.4. The Labute approximate surface area is 122 Å². The summed E-state index contributed by atoms with van der Waals surface area (Å²) >= 11 is 5.92. The highest BCUT2D eigenvalue weighted by Gasteiger charge is 2.11. The van der Waals surface area contributed by atoms with E-state index in [9.17, 15) is 4.39 Å². The standard InChI is InChI=1S/C14H18ClFN4/c1-14(2,3)17-7-11-9-20(19-18-11)8-10-5-4-6-12(16)13(10)15/h4-6,9,17H,7-8H2,1-3H3. The molecule has 0 spiro atoms. The van der Waals surface area contributed by atoms with Crippen LogP contribution in [0.25, 0.3) is 0 Å². The lowest BCUT2D eigenvalue weighted by atomic mass is 10.1. The average Bonchev–Trinajstić information content (AvgIpc) is 2.80. The first kappa shape index (κ1) is 14.9. The van der Waals surface area contributed by atoms with Gasteiger partial charge in [0.1, 0.15) is 5.82 Å². The topological polar surface area (TPSA) is 42.7 Å². The molecule has 2 rings (SSSR count). The molecule has 1 aromatic carbocycles. The predicted molar refractivity (Wildman–Crippen MR) is 77.1 cm³/mol. The number of hydrogen-bond donors (Lipinski definition) is 1. The fourth-order valence-corrected chi connectivity index (χ4v) is 1.88. The van der Waals surface area contributed by atoms with Gasteiger partial charge in [0, 0.05) is 12.1 Å². The summed E-state index contributed by atoms with van der Waals surface area (Å²) in [6.07, 6.45) is 1.83. The summed E-state index contributed by atoms with van der Waals surface area (Å²) in [6, 6.07) is 4.75. The Hall–Kier alpha value is -1.46. The Kier molecular flexibility index (Phi) is 4.40. The molecule has 0 fully saturated rings. The van der Waals surface area contributed by atoms with Crippen molar-refractivity contribution in [1.29, 1.82) is 0 Å². The monoisotopic (exact) mass is 296 g/mol. The van der Waals surface area contributed by atoms with Crippen molar-refractivity contribution in [3.05, 3.63) is 46.5 Å². The first-order valence-electron chi connectivity index (χ1n) is 6.42. The van der Waals surface area contributed by atoms with Gasteiger partial charge < -0.3 is 5.32 Å². The normalized spacial score (nSPS) is 11.8. The second-order valence-electron chi connectivity index (χ2n) is 5.72. The summed E-state index contributed by atoms with van der Waals surface area (Å²) in [6.45, 7) is 7.30. The summed E-state index contributed by atoms with van der Waals surface area (Å²) < 4.78 is 15.0. The summed E-state index contributed by atoms with van der Waals surface area (Å²) in [5, 5.41) is 11.6. The molecule has 0 bridgehead atoms. The van der Waals surface area contributed by atoms with Gasteiger partial charge in [0.05, 0.1) is 23.5 Å². The molecule has 0 saturated carbocycles. The van der Waals surface area contributed by atoms with Gasteiger partial charge in [-0.2, -0.15) is 0 Å². The van der Waals surface area contributed by atoms with Gasteiger partial charge in [-0.05, 0) is 32.4 Å². The van der Waals surface area contributed by atoms with E-state index in [4.69, 9.17) is 11.6 Å². The first-order chi connectivity index (χ1) is 9.35. The molecule has 1 heterocycles. The van der Waals surface area contributed by atoms with Gasteiger partial charge in [-0.15, -0.1) is 5.10 Å². The average molecular weight is 297 g/mol. The quantitative estimate of drug-likeness (QED) is 0.943. The molecule has 0 unspecified atom stereocenters. The second-order valence-corrected chi connectivity index (χ2v) is 6.10. The van der Waals surface area contributed by atoms with Gasteiger partial charge in [-0.25, -0.2) is 9.07 Å². The van der Waals surface area contributed by atoms with E-state index in [0.717, 1.165) is 5.69 Å². The number of halogens is 2. The molecule has 0 aliphatic carbocycles. The molecule has 0 radical (unpaired) electrons. The fraction of sp³-hybridized carbons (Fsp3) is 0.429. The summed E-state index contributed by atoms with van der Waals surface area (Å²) in [5.41, 5.74) is 1.55. The lowest BCUT2D eigenvalue weighted by molar-refractivity contribution is 0.421. The Bertz CT molecular complexity index is 589. The highest BCUT2D eigenvalue weighted by molar-refractivity contribution is 6.31. The van der Waals surface area contributed by atoms with E-state index < -0.39 is 5.82 Å². The maximum absolute atomic E-state index is 13.4. The third-order valence-electron chi connectivity index (χ3n) is 2.75. The molecule has 108 valence electrons. The number of benzene rings is 1. The SMILES string of the molecule is CC(C)(C)NCc1cn(Cc2cccc(F)c2Cl)nn1. The van der Waals surface area contributed by atoms with Crippen LogP contribution >= 0.6 is 11.6 Å². The highest BCUT2D eigenvalue weighted by atomic mass is 35.5. The molecule has 1 N–H and O–H groups in total. The Morgan fingerprint density at radius 3 is 2.80 bits per heavy atom. The Morgan fingerprint density at radius 2 is 2.10 bits per heavy atom. The van der Waals surface area contributed by atoms with Crippen LogP contribution in [0, 0.1) is 5.82 Å². The smallest absolute Gasteiger partial charge is 0.142 e. The van der Waals surface area contributed by atoms with Gasteiger partial charge in [-0.1, -0.05) is 28.9 Å². The molecular formula is C14H18ClFN4. The van der Waals surface area contributed by atoms with Gasteiger partial charge in [0.2, 0.25) is 0 Å². The third-order valence-corrected chi connectivity index (χ3v) is 3.17. The minimum Gasteiger partial charge on any atom is -0.306 e. The molecular weight excluding hydrogens is 279 g/mol. The molecule has 6 heteroatoms. The van der Waals surface area contributed by atoms with Crippen molar-refractivity contribution in [3.63, 3.8) is 0 Å². The largest absolute Gasteiger partial charge is 0.306 e. The highest BCUT2D eigenvalue weighted by Crippen LogP contribution is 2.20. The van der Waals surface area contributed by atoms with Crippen molar-refractivity contribution in [3.8, 4) is 0 Å². The van der Waals surface area contributed by atoms with E-state index >= 15 is 0 Å². The molecule has 20 heavy (non-hydrogen) atoms. The molecule has 0 aliphatic heterocycles. The van der Waals surface area contributed by atoms with Crippen LogP contribution in [0.2, 0.25) is 5.02 Å². The van der Waals surface area contributed by atoms with E-state index in [-0.39, 0.29) is 10.6 Å². The summed E-state index contributed by atoms with van der Waals surface area (Å²) in [4.78, 5) is 0. The number of nitrogens with one attached hydrogen (secondary N) is 1. The lowest BCUT2D eigenvalue weighted by Gasteiger charge is -2.19. The first-order valence-corrected chi connectivity index (χ1v) is 6.80. The molecule has 0 aliphatic rings. The van der Waals surface area contributed by atoms with Crippen molar-refractivity contribution in [2.24, 2.45) is 0 Å². The van der Waals surface area contributed by atoms with Gasteiger partial charge in [-0.3, -0.25) is 0 Å². The van der Waals surface area contributed by atoms with Crippen LogP contribution in [0.4, 0.5) is 4.39 Å². The minimum absolute atomic E-state index is 0.0235.